The van der Waals surface area contributed by atoms with E-state index in [0.29, 0.717) is 55.6 Å². The molecular weight excluding hydrogens is 404 g/mol. The van der Waals surface area contributed by atoms with Gasteiger partial charge >= 0.3 is 0 Å². The van der Waals surface area contributed by atoms with Crippen LogP contribution in [0.15, 0.2) is 58.5 Å². The molecule has 1 aliphatic carbocycles. The zero-order valence-corrected chi connectivity index (χ0v) is 17.7. The SMILES string of the molecule is O=C1CCCC2=C1[C@@H](c1cccc3ccccc13)c1c(nc(N3CCOCC3)[nH]c1=O)N2. The van der Waals surface area contributed by atoms with Crippen LogP contribution in [0.1, 0.15) is 36.3 Å². The van der Waals surface area contributed by atoms with Crippen molar-refractivity contribution < 1.29 is 9.53 Å². The van der Waals surface area contributed by atoms with Crippen molar-refractivity contribution in [2.75, 3.05) is 36.5 Å². The molecule has 0 spiro atoms. The van der Waals surface area contributed by atoms with Crippen molar-refractivity contribution in [2.45, 2.75) is 25.2 Å². The van der Waals surface area contributed by atoms with E-state index in [2.05, 4.69) is 28.5 Å². The number of rotatable bonds is 2. The molecule has 1 fully saturated rings. The lowest BCUT2D eigenvalue weighted by molar-refractivity contribution is -0.116. The summed E-state index contributed by atoms with van der Waals surface area (Å²) in [6, 6.07) is 14.2. The molecule has 3 aromatic rings. The van der Waals surface area contributed by atoms with Gasteiger partial charge in [0.15, 0.2) is 5.78 Å². The average molecular weight is 428 g/mol. The van der Waals surface area contributed by atoms with Gasteiger partial charge in [-0.15, -0.1) is 0 Å². The summed E-state index contributed by atoms with van der Waals surface area (Å²) in [5, 5.41) is 5.51. The van der Waals surface area contributed by atoms with Gasteiger partial charge in [-0.2, -0.15) is 4.98 Å². The summed E-state index contributed by atoms with van der Waals surface area (Å²) in [5.41, 5.74) is 2.91. The number of allylic oxidation sites excluding steroid dienone is 2. The zero-order chi connectivity index (χ0) is 21.7. The Morgan fingerprint density at radius 2 is 1.81 bits per heavy atom. The predicted molar refractivity (Wildman–Crippen MR) is 123 cm³/mol. The molecule has 1 aromatic heterocycles. The van der Waals surface area contributed by atoms with Crippen LogP contribution in [0.5, 0.6) is 0 Å². The number of aromatic nitrogens is 2. The third-order valence-corrected chi connectivity index (χ3v) is 6.69. The second-order valence-electron chi connectivity index (χ2n) is 8.55. The summed E-state index contributed by atoms with van der Waals surface area (Å²) in [6.07, 6.45) is 2.10. The van der Waals surface area contributed by atoms with Crippen LogP contribution >= 0.6 is 0 Å². The van der Waals surface area contributed by atoms with E-state index in [-0.39, 0.29) is 11.3 Å². The van der Waals surface area contributed by atoms with E-state index in [0.717, 1.165) is 34.9 Å². The van der Waals surface area contributed by atoms with Crippen LogP contribution in [0.3, 0.4) is 0 Å². The van der Waals surface area contributed by atoms with Gasteiger partial charge in [0.05, 0.1) is 18.8 Å². The Hall–Kier alpha value is -3.45. The lowest BCUT2D eigenvalue weighted by Gasteiger charge is -2.34. The first-order valence-electron chi connectivity index (χ1n) is 11.2. The smallest absolute Gasteiger partial charge is 0.258 e. The van der Waals surface area contributed by atoms with Crippen molar-refractivity contribution in [3.8, 4) is 0 Å². The number of benzene rings is 2. The lowest BCUT2D eigenvalue weighted by atomic mass is 9.75. The summed E-state index contributed by atoms with van der Waals surface area (Å²) in [5.74, 6) is 0.781. The molecule has 2 aliphatic heterocycles. The highest BCUT2D eigenvalue weighted by Crippen LogP contribution is 2.45. The first-order valence-corrected chi connectivity index (χ1v) is 11.2. The van der Waals surface area contributed by atoms with Crippen molar-refractivity contribution in [1.82, 2.24) is 9.97 Å². The van der Waals surface area contributed by atoms with Gasteiger partial charge in [0.1, 0.15) is 5.82 Å². The number of carbonyl (C=O) groups is 1. The Kier molecular flexibility index (Phi) is 4.57. The summed E-state index contributed by atoms with van der Waals surface area (Å²) in [4.78, 5) is 36.5. The number of nitrogens with one attached hydrogen (secondary N) is 2. The Labute approximate surface area is 185 Å². The van der Waals surface area contributed by atoms with Gasteiger partial charge < -0.3 is 15.0 Å². The Balaban J connectivity index is 1.58. The van der Waals surface area contributed by atoms with Crippen molar-refractivity contribution in [2.24, 2.45) is 0 Å². The topological polar surface area (TPSA) is 87.3 Å². The summed E-state index contributed by atoms with van der Waals surface area (Å²) < 4.78 is 5.44. The molecule has 1 saturated heterocycles. The fourth-order valence-electron chi connectivity index (χ4n) is 5.19. The minimum absolute atomic E-state index is 0.110. The molecule has 0 bridgehead atoms. The standard InChI is InChI=1S/C25H24N4O3/c30-19-10-4-9-18-21(19)20(17-8-3-6-15-5-1-2-7-16(15)17)22-23(26-18)27-25(28-24(22)31)29-11-13-32-14-12-29/h1-3,5-8,20H,4,9-14H2,(H2,26,27,28,31)/t20-/m1/s1. The molecule has 0 radical (unpaired) electrons. The normalized spacial score (nSPS) is 20.7. The molecular formula is C25H24N4O3. The number of Topliss-reactive ketones (excluding diaryl/α,β-unsaturated/α-hetero) is 1. The molecule has 6 rings (SSSR count). The molecule has 3 heterocycles. The fraction of sp³-hybridized carbons (Fsp3) is 0.320. The second kappa shape index (κ2) is 7.60. The van der Waals surface area contributed by atoms with Crippen LogP contribution in [-0.2, 0) is 9.53 Å². The van der Waals surface area contributed by atoms with Crippen LogP contribution < -0.4 is 15.8 Å². The number of fused-ring (bicyclic) bond motifs is 2. The third kappa shape index (κ3) is 3.04. The third-order valence-electron chi connectivity index (χ3n) is 6.69. The number of anilines is 2. The highest BCUT2D eigenvalue weighted by atomic mass is 16.5. The molecule has 2 aromatic carbocycles. The predicted octanol–water partition coefficient (Wildman–Crippen LogP) is 3.32. The van der Waals surface area contributed by atoms with E-state index in [1.165, 1.54) is 0 Å². The maximum atomic E-state index is 13.5. The lowest BCUT2D eigenvalue weighted by Crippen LogP contribution is -2.40. The van der Waals surface area contributed by atoms with Crippen molar-refractivity contribution in [3.05, 3.63) is 75.2 Å². The summed E-state index contributed by atoms with van der Waals surface area (Å²) in [7, 11) is 0. The van der Waals surface area contributed by atoms with Crippen LogP contribution in [0.2, 0.25) is 0 Å². The number of hydrogen-bond acceptors (Lipinski definition) is 6. The number of ketones is 1. The zero-order valence-electron chi connectivity index (χ0n) is 17.7. The second-order valence-corrected chi connectivity index (χ2v) is 8.55. The summed E-state index contributed by atoms with van der Waals surface area (Å²) >= 11 is 0. The number of hydrogen-bond donors (Lipinski definition) is 2. The number of morpholine rings is 1. The number of aromatic amines is 1. The molecule has 0 saturated carbocycles. The molecule has 0 unspecified atom stereocenters. The van der Waals surface area contributed by atoms with Gasteiger partial charge in [0, 0.05) is 36.7 Å². The average Bonchev–Trinajstić information content (AvgIpc) is 2.83. The molecule has 1 atom stereocenters. The van der Waals surface area contributed by atoms with Crippen LogP contribution in [-0.4, -0.2) is 42.1 Å². The maximum absolute atomic E-state index is 13.5. The van der Waals surface area contributed by atoms with E-state index in [9.17, 15) is 9.59 Å². The van der Waals surface area contributed by atoms with E-state index >= 15 is 0 Å². The Bertz CT molecular complexity index is 1320. The molecule has 0 amide bonds. The highest BCUT2D eigenvalue weighted by molar-refractivity contribution is 6.02. The molecule has 32 heavy (non-hydrogen) atoms. The molecule has 7 heteroatoms. The van der Waals surface area contributed by atoms with Gasteiger partial charge in [-0.05, 0) is 29.2 Å². The van der Waals surface area contributed by atoms with Crippen LogP contribution in [0, 0.1) is 0 Å². The van der Waals surface area contributed by atoms with E-state index in [1.54, 1.807) is 0 Å². The van der Waals surface area contributed by atoms with E-state index < -0.39 is 5.92 Å². The molecule has 7 nitrogen and oxygen atoms in total. The first-order chi connectivity index (χ1) is 15.7. The van der Waals surface area contributed by atoms with Crippen molar-refractivity contribution in [3.63, 3.8) is 0 Å². The monoisotopic (exact) mass is 428 g/mol. The number of ether oxygens (including phenoxy) is 1. The van der Waals surface area contributed by atoms with Crippen molar-refractivity contribution >= 4 is 28.3 Å². The van der Waals surface area contributed by atoms with E-state index in [1.807, 2.05) is 29.2 Å². The summed E-state index contributed by atoms with van der Waals surface area (Å²) in [6.45, 7) is 2.58. The Morgan fingerprint density at radius 1 is 1.00 bits per heavy atom. The van der Waals surface area contributed by atoms with Crippen molar-refractivity contribution in [1.29, 1.82) is 0 Å². The number of H-pyrrole nitrogens is 1. The van der Waals surface area contributed by atoms with Crippen LogP contribution in [0.4, 0.5) is 11.8 Å². The minimum Gasteiger partial charge on any atom is -0.378 e. The highest BCUT2D eigenvalue weighted by Gasteiger charge is 2.38. The molecule has 162 valence electrons. The van der Waals surface area contributed by atoms with Gasteiger partial charge in [-0.3, -0.25) is 14.6 Å². The van der Waals surface area contributed by atoms with E-state index in [4.69, 9.17) is 9.72 Å². The Morgan fingerprint density at radius 3 is 2.69 bits per heavy atom. The fourth-order valence-corrected chi connectivity index (χ4v) is 5.19. The van der Waals surface area contributed by atoms with Gasteiger partial charge in [0.25, 0.3) is 5.56 Å². The van der Waals surface area contributed by atoms with Gasteiger partial charge in [-0.1, -0.05) is 42.5 Å². The first kappa shape index (κ1) is 19.3. The molecule has 2 N–H and O–H groups in total. The molecule has 3 aliphatic rings. The van der Waals surface area contributed by atoms with Gasteiger partial charge in [0.2, 0.25) is 5.95 Å². The maximum Gasteiger partial charge on any atom is 0.258 e. The quantitative estimate of drug-likeness (QED) is 0.651. The minimum atomic E-state index is -0.435. The van der Waals surface area contributed by atoms with Gasteiger partial charge in [-0.25, -0.2) is 0 Å². The number of carbonyl (C=O) groups excluding carboxylic acids is 1. The van der Waals surface area contributed by atoms with Crippen LogP contribution in [0.25, 0.3) is 10.8 Å². The number of nitrogens with zero attached hydrogens (tertiary/aromatic N) is 2. The largest absolute Gasteiger partial charge is 0.378 e.